The zero-order valence-electron chi connectivity index (χ0n) is 19.2. The minimum absolute atomic E-state index is 0.0599. The van der Waals surface area contributed by atoms with Crippen LogP contribution in [0.5, 0.6) is 0 Å². The fourth-order valence-corrected chi connectivity index (χ4v) is 4.19. The first kappa shape index (κ1) is 22.0. The van der Waals surface area contributed by atoms with Gasteiger partial charge in [-0.3, -0.25) is 15.1 Å². The van der Waals surface area contributed by atoms with Crippen LogP contribution >= 0.6 is 0 Å². The number of nitrogens with zero attached hydrogens (tertiary/aromatic N) is 3. The van der Waals surface area contributed by atoms with Gasteiger partial charge in [-0.15, -0.1) is 0 Å². The molecule has 0 spiro atoms. The molecular weight excluding hydrogens is 434 g/mol. The van der Waals surface area contributed by atoms with Gasteiger partial charge in [0.05, 0.1) is 22.0 Å². The monoisotopic (exact) mass is 457 g/mol. The highest BCUT2D eigenvalue weighted by Crippen LogP contribution is 2.36. The van der Waals surface area contributed by atoms with Crippen LogP contribution in [0.15, 0.2) is 120 Å². The number of aromatic nitrogens is 1. The maximum absolute atomic E-state index is 11.3. The highest BCUT2D eigenvalue weighted by atomic mass is 16.6. The number of nitro groups is 1. The zero-order valence-corrected chi connectivity index (χ0v) is 19.2. The highest BCUT2D eigenvalue weighted by Gasteiger charge is 2.19. The van der Waals surface area contributed by atoms with Gasteiger partial charge in [0, 0.05) is 29.6 Å². The first-order valence-electron chi connectivity index (χ1n) is 11.3. The fraction of sp³-hybridized carbons (Fsp3) is 0.0333. The number of non-ortho nitro benzene ring substituents is 1. The molecule has 0 bridgehead atoms. The Hall–Kier alpha value is -4.77. The van der Waals surface area contributed by atoms with Crippen LogP contribution in [0.25, 0.3) is 28.2 Å². The van der Waals surface area contributed by atoms with Gasteiger partial charge in [0.2, 0.25) is 0 Å². The summed E-state index contributed by atoms with van der Waals surface area (Å²) in [6.07, 6.45) is 1.89. The van der Waals surface area contributed by atoms with Gasteiger partial charge in [-0.2, -0.15) is 0 Å². The van der Waals surface area contributed by atoms with E-state index >= 15 is 0 Å². The van der Waals surface area contributed by atoms with Crippen LogP contribution < -0.4 is 0 Å². The van der Waals surface area contributed by atoms with E-state index in [1.165, 1.54) is 0 Å². The minimum atomic E-state index is -0.379. The molecule has 4 aromatic carbocycles. The highest BCUT2D eigenvalue weighted by molar-refractivity contribution is 5.94. The van der Waals surface area contributed by atoms with Crippen molar-refractivity contribution in [2.75, 3.05) is 0 Å². The lowest BCUT2D eigenvalue weighted by molar-refractivity contribution is -0.384. The Morgan fingerprint density at radius 2 is 1.43 bits per heavy atom. The zero-order chi connectivity index (χ0) is 24.2. The molecule has 0 amide bonds. The fourth-order valence-electron chi connectivity index (χ4n) is 4.19. The third kappa shape index (κ3) is 4.66. The number of aryl methyl sites for hydroxylation is 1. The average Bonchev–Trinajstić information content (AvgIpc) is 3.28. The molecule has 1 heterocycles. The van der Waals surface area contributed by atoms with Crippen molar-refractivity contribution in [1.82, 2.24) is 4.57 Å². The topological polar surface area (TPSA) is 60.4 Å². The van der Waals surface area contributed by atoms with Crippen LogP contribution in [0.2, 0.25) is 0 Å². The molecule has 0 N–H and O–H groups in total. The summed E-state index contributed by atoms with van der Waals surface area (Å²) in [6, 6.07) is 37.1. The molecule has 0 aliphatic rings. The van der Waals surface area contributed by atoms with Gasteiger partial charge >= 0.3 is 0 Å². The normalized spacial score (nSPS) is 11.1. The third-order valence-corrected chi connectivity index (χ3v) is 5.82. The molecule has 0 aliphatic carbocycles. The Balaban J connectivity index is 1.76. The van der Waals surface area contributed by atoms with E-state index < -0.39 is 0 Å². The molecule has 5 rings (SSSR count). The number of nitro benzene ring substituents is 1. The van der Waals surface area contributed by atoms with Gasteiger partial charge < -0.3 is 4.57 Å². The first-order chi connectivity index (χ1) is 17.1. The lowest BCUT2D eigenvalue weighted by Gasteiger charge is -2.15. The molecular formula is C30H23N3O2. The molecule has 5 heteroatoms. The summed E-state index contributed by atoms with van der Waals surface area (Å²) in [5, 5.41) is 11.3. The molecule has 0 aliphatic heterocycles. The van der Waals surface area contributed by atoms with E-state index in [4.69, 9.17) is 4.99 Å². The van der Waals surface area contributed by atoms with Crippen LogP contribution in [-0.4, -0.2) is 15.7 Å². The minimum Gasteiger partial charge on any atom is -0.309 e. The number of hydrogen-bond donors (Lipinski definition) is 0. The largest absolute Gasteiger partial charge is 0.309 e. The third-order valence-electron chi connectivity index (χ3n) is 5.82. The predicted octanol–water partition coefficient (Wildman–Crippen LogP) is 7.78. The summed E-state index contributed by atoms with van der Waals surface area (Å²) >= 11 is 0. The van der Waals surface area contributed by atoms with Crippen molar-refractivity contribution in [3.05, 3.63) is 137 Å². The van der Waals surface area contributed by atoms with Crippen molar-refractivity contribution in [3.63, 3.8) is 0 Å². The number of hydrogen-bond acceptors (Lipinski definition) is 3. The molecule has 0 fully saturated rings. The summed E-state index contributed by atoms with van der Waals surface area (Å²) in [5.41, 5.74) is 7.89. The van der Waals surface area contributed by atoms with Crippen molar-refractivity contribution in [3.8, 4) is 28.2 Å². The van der Waals surface area contributed by atoms with E-state index in [-0.39, 0.29) is 10.6 Å². The standard InChI is InChI=1S/C30H23N3O2/c1-22-9-8-14-26(19-22)31-21-25-20-29(23-10-4-2-5-11-23)32(30(25)24-12-6-3-7-13-24)27-15-17-28(18-16-27)33(34)35/h2-21H,1H3. The van der Waals surface area contributed by atoms with E-state index in [9.17, 15) is 10.1 Å². The van der Waals surface area contributed by atoms with Gasteiger partial charge in [-0.05, 0) is 53.9 Å². The Bertz CT molecular complexity index is 1500. The van der Waals surface area contributed by atoms with Crippen LogP contribution in [0, 0.1) is 17.0 Å². The van der Waals surface area contributed by atoms with Gasteiger partial charge in [0.1, 0.15) is 0 Å². The number of rotatable bonds is 6. The second kappa shape index (κ2) is 9.61. The Morgan fingerprint density at radius 1 is 0.771 bits per heavy atom. The van der Waals surface area contributed by atoms with E-state index in [2.05, 4.69) is 34.9 Å². The Labute approximate surface area is 203 Å². The van der Waals surface area contributed by atoms with Gasteiger partial charge in [-0.25, -0.2) is 0 Å². The maximum atomic E-state index is 11.3. The molecule has 35 heavy (non-hydrogen) atoms. The van der Waals surface area contributed by atoms with E-state index in [1.807, 2.05) is 73.8 Å². The van der Waals surface area contributed by atoms with Crippen molar-refractivity contribution < 1.29 is 4.92 Å². The van der Waals surface area contributed by atoms with Crippen molar-refractivity contribution in [1.29, 1.82) is 0 Å². The summed E-state index contributed by atoms with van der Waals surface area (Å²) < 4.78 is 2.14. The van der Waals surface area contributed by atoms with Crippen LogP contribution in [-0.2, 0) is 0 Å². The van der Waals surface area contributed by atoms with Gasteiger partial charge in [-0.1, -0.05) is 72.8 Å². The maximum Gasteiger partial charge on any atom is 0.269 e. The lowest BCUT2D eigenvalue weighted by Crippen LogP contribution is -2.01. The average molecular weight is 458 g/mol. The summed E-state index contributed by atoms with van der Waals surface area (Å²) in [7, 11) is 0. The molecule has 0 atom stereocenters. The van der Waals surface area contributed by atoms with Crippen molar-refractivity contribution in [2.24, 2.45) is 4.99 Å². The quantitative estimate of drug-likeness (QED) is 0.148. The Morgan fingerprint density at radius 3 is 2.06 bits per heavy atom. The van der Waals surface area contributed by atoms with Crippen molar-refractivity contribution in [2.45, 2.75) is 6.92 Å². The SMILES string of the molecule is Cc1cccc(N=Cc2cc(-c3ccccc3)n(-c3ccc([N+](=O)[O-])cc3)c2-c2ccccc2)c1. The number of benzene rings is 4. The summed E-state index contributed by atoms with van der Waals surface area (Å²) in [6.45, 7) is 2.05. The first-order valence-corrected chi connectivity index (χ1v) is 11.3. The molecule has 5 aromatic rings. The summed E-state index contributed by atoms with van der Waals surface area (Å²) in [5.74, 6) is 0. The van der Waals surface area contributed by atoms with E-state index in [0.717, 1.165) is 45.0 Å². The van der Waals surface area contributed by atoms with Gasteiger partial charge in [0.15, 0.2) is 0 Å². The number of aliphatic imine (C=N–C) groups is 1. The molecule has 0 saturated carbocycles. The molecule has 1 aromatic heterocycles. The molecule has 0 unspecified atom stereocenters. The van der Waals surface area contributed by atoms with E-state index in [1.54, 1.807) is 24.3 Å². The second-order valence-corrected chi connectivity index (χ2v) is 8.27. The summed E-state index contributed by atoms with van der Waals surface area (Å²) in [4.78, 5) is 15.7. The molecule has 170 valence electrons. The van der Waals surface area contributed by atoms with Gasteiger partial charge in [0.25, 0.3) is 5.69 Å². The van der Waals surface area contributed by atoms with Crippen LogP contribution in [0.3, 0.4) is 0 Å². The second-order valence-electron chi connectivity index (χ2n) is 8.27. The predicted molar refractivity (Wildman–Crippen MR) is 142 cm³/mol. The smallest absolute Gasteiger partial charge is 0.269 e. The molecule has 0 saturated heterocycles. The van der Waals surface area contributed by atoms with E-state index in [0.29, 0.717) is 0 Å². The lowest BCUT2D eigenvalue weighted by atomic mass is 10.1. The molecule has 5 nitrogen and oxygen atoms in total. The van der Waals surface area contributed by atoms with Crippen molar-refractivity contribution >= 4 is 17.6 Å². The van der Waals surface area contributed by atoms with Crippen LogP contribution in [0.1, 0.15) is 11.1 Å². The molecule has 0 radical (unpaired) electrons. The Kier molecular flexibility index (Phi) is 6.05. The van der Waals surface area contributed by atoms with Crippen LogP contribution in [0.4, 0.5) is 11.4 Å².